The van der Waals surface area contributed by atoms with E-state index in [1.54, 1.807) is 12.1 Å². The van der Waals surface area contributed by atoms with Crippen molar-refractivity contribution in [2.75, 3.05) is 17.2 Å². The molecule has 4 aromatic rings. The number of nitrogens with zero attached hydrogens (tertiary/aromatic N) is 5. The maximum atomic E-state index is 13.2. The molecule has 3 aromatic heterocycles. The monoisotopic (exact) mass is 559 g/mol. The Kier molecular flexibility index (Phi) is 8.05. The second kappa shape index (κ2) is 11.8. The number of rotatable bonds is 8. The van der Waals surface area contributed by atoms with Crippen molar-refractivity contribution in [2.45, 2.75) is 32.6 Å². The zero-order valence-electron chi connectivity index (χ0n) is 21.4. The fourth-order valence-electron chi connectivity index (χ4n) is 4.69. The van der Waals surface area contributed by atoms with Gasteiger partial charge in [-0.15, -0.1) is 11.4 Å². The summed E-state index contributed by atoms with van der Waals surface area (Å²) >= 11 is 13.1. The molecule has 0 spiro atoms. The van der Waals surface area contributed by atoms with Gasteiger partial charge in [-0.2, -0.15) is 10.2 Å². The molecule has 198 valence electrons. The van der Waals surface area contributed by atoms with E-state index >= 15 is 0 Å². The number of carbonyl (C=O) groups is 1. The Labute approximate surface area is 236 Å². The van der Waals surface area contributed by atoms with Gasteiger partial charge in [0.2, 0.25) is 0 Å². The van der Waals surface area contributed by atoms with E-state index in [9.17, 15) is 4.79 Å². The summed E-state index contributed by atoms with van der Waals surface area (Å²) in [6, 6.07) is 5.25. The van der Waals surface area contributed by atoms with Crippen molar-refractivity contribution in [3.8, 4) is 16.9 Å². The second-order valence-corrected chi connectivity index (χ2v) is 10.0. The highest BCUT2D eigenvalue weighted by molar-refractivity contribution is 6.35. The molecule has 0 unspecified atom stereocenters. The number of pyridine rings is 2. The van der Waals surface area contributed by atoms with Crippen molar-refractivity contribution in [1.29, 1.82) is 0 Å². The molecular weight excluding hydrogens is 533 g/mol. The smallest absolute Gasteiger partial charge is 0.257 e. The molecule has 0 bridgehead atoms. The minimum atomic E-state index is -0.368. The van der Waals surface area contributed by atoms with E-state index in [4.69, 9.17) is 23.2 Å². The Morgan fingerprint density at radius 1 is 1.08 bits per heavy atom. The van der Waals surface area contributed by atoms with Gasteiger partial charge >= 0.3 is 0 Å². The number of aromatic nitrogens is 5. The van der Waals surface area contributed by atoms with Crippen molar-refractivity contribution in [3.63, 3.8) is 0 Å². The van der Waals surface area contributed by atoms with Crippen LogP contribution in [0.1, 0.15) is 47.2 Å². The van der Waals surface area contributed by atoms with Gasteiger partial charge in [0.1, 0.15) is 0 Å². The molecular formula is C29H27Cl2N7O. The lowest BCUT2D eigenvalue weighted by Gasteiger charge is -2.21. The van der Waals surface area contributed by atoms with Crippen LogP contribution in [0.5, 0.6) is 0 Å². The van der Waals surface area contributed by atoms with Crippen molar-refractivity contribution in [1.82, 2.24) is 25.0 Å². The van der Waals surface area contributed by atoms with Crippen LogP contribution in [0.4, 0.5) is 11.4 Å². The molecule has 0 atom stereocenters. The lowest BCUT2D eigenvalue weighted by atomic mass is 9.87. The highest BCUT2D eigenvalue weighted by Crippen LogP contribution is 2.41. The van der Waals surface area contributed by atoms with Crippen molar-refractivity contribution >= 4 is 46.1 Å². The molecule has 1 amide bonds. The summed E-state index contributed by atoms with van der Waals surface area (Å²) < 4.78 is 0. The molecule has 5 rings (SSSR count). The van der Waals surface area contributed by atoms with Gasteiger partial charge < -0.3 is 10.6 Å². The van der Waals surface area contributed by atoms with Crippen LogP contribution >= 0.6 is 23.2 Å². The average molecular weight is 560 g/mol. The molecule has 10 heteroatoms. The van der Waals surface area contributed by atoms with Crippen LogP contribution in [0, 0.1) is 6.92 Å². The third kappa shape index (κ3) is 5.72. The topological polar surface area (TPSA) is 97.6 Å². The van der Waals surface area contributed by atoms with E-state index in [1.807, 2.05) is 31.5 Å². The molecule has 1 aromatic carbocycles. The Hall–Kier alpha value is -4.01. The minimum absolute atomic E-state index is 0.295. The van der Waals surface area contributed by atoms with Gasteiger partial charge in [-0.25, -0.2) is 4.98 Å². The summed E-state index contributed by atoms with van der Waals surface area (Å²) in [7, 11) is 0. The van der Waals surface area contributed by atoms with Crippen LogP contribution in [-0.2, 0) is 0 Å². The molecule has 0 radical (unpaired) electrons. The first-order chi connectivity index (χ1) is 19.0. The largest absolute Gasteiger partial charge is 0.380 e. The number of hydrogen-bond acceptors (Lipinski definition) is 6. The summed E-state index contributed by atoms with van der Waals surface area (Å²) in [6.07, 6.45) is 16.8. The maximum Gasteiger partial charge on any atom is 0.257 e. The Bertz CT molecular complexity index is 1560. The molecule has 0 saturated heterocycles. The van der Waals surface area contributed by atoms with Crippen molar-refractivity contribution < 1.29 is 4.79 Å². The number of halogens is 2. The molecule has 2 N–H and O–H groups in total. The zero-order chi connectivity index (χ0) is 27.4. The van der Waals surface area contributed by atoms with Crippen LogP contribution in [0.2, 0.25) is 10.0 Å². The van der Waals surface area contributed by atoms with E-state index in [0.29, 0.717) is 33.7 Å². The lowest BCUT2D eigenvalue weighted by Crippen LogP contribution is -2.14. The van der Waals surface area contributed by atoms with Crippen LogP contribution in [-0.4, -0.2) is 37.4 Å². The van der Waals surface area contributed by atoms with Gasteiger partial charge in [-0.3, -0.25) is 9.78 Å². The summed E-state index contributed by atoms with van der Waals surface area (Å²) in [5, 5.41) is 15.0. The van der Waals surface area contributed by atoms with E-state index in [1.165, 1.54) is 35.4 Å². The Morgan fingerprint density at radius 2 is 1.90 bits per heavy atom. The summed E-state index contributed by atoms with van der Waals surface area (Å²) in [5.41, 5.74) is 6.89. The summed E-state index contributed by atoms with van der Waals surface area (Å²) in [5.74, 6) is -0.00701. The first kappa shape index (κ1) is 26.6. The van der Waals surface area contributed by atoms with Gasteiger partial charge in [-0.05, 0) is 67.5 Å². The van der Waals surface area contributed by atoms with Gasteiger partial charge in [0.15, 0.2) is 5.82 Å². The number of benzene rings is 1. The molecule has 0 aliphatic heterocycles. The molecule has 3 heterocycles. The van der Waals surface area contributed by atoms with E-state index in [0.717, 1.165) is 47.2 Å². The van der Waals surface area contributed by atoms with Gasteiger partial charge in [0.05, 0.1) is 51.8 Å². The number of aryl methyl sites for hydroxylation is 1. The number of allylic oxidation sites excluding steroid dienone is 2. The third-order valence-electron chi connectivity index (χ3n) is 6.54. The van der Waals surface area contributed by atoms with Gasteiger partial charge in [-0.1, -0.05) is 35.4 Å². The van der Waals surface area contributed by atoms with Crippen molar-refractivity contribution in [3.05, 3.63) is 94.6 Å². The molecule has 0 fully saturated rings. The molecule has 1 aliphatic carbocycles. The Morgan fingerprint density at radius 3 is 2.62 bits per heavy atom. The minimum Gasteiger partial charge on any atom is -0.380 e. The predicted molar refractivity (Wildman–Crippen MR) is 157 cm³/mol. The number of anilines is 2. The van der Waals surface area contributed by atoms with E-state index in [2.05, 4.69) is 43.5 Å². The van der Waals surface area contributed by atoms with Crippen LogP contribution in [0.25, 0.3) is 22.5 Å². The van der Waals surface area contributed by atoms with Crippen LogP contribution < -0.4 is 10.6 Å². The highest BCUT2D eigenvalue weighted by Gasteiger charge is 2.21. The number of carbonyl (C=O) groups excluding carboxylic acids is 1. The first-order valence-electron chi connectivity index (χ1n) is 12.6. The SMILES string of the molecule is C=CCNc1cncc(C2=CCCCC2)c1-c1cc(Cl)c(C(=O)Nc2cnc(-n3nccn3)c(Cl)c2)cc1C. The third-order valence-corrected chi connectivity index (χ3v) is 7.13. The predicted octanol–water partition coefficient (Wildman–Crippen LogP) is 7.15. The van der Waals surface area contributed by atoms with E-state index in [-0.39, 0.29) is 5.91 Å². The lowest BCUT2D eigenvalue weighted by molar-refractivity contribution is 0.102. The van der Waals surface area contributed by atoms with Crippen LogP contribution in [0.3, 0.4) is 0 Å². The normalized spacial score (nSPS) is 13.1. The number of amides is 1. The van der Waals surface area contributed by atoms with Gasteiger partial charge in [0.25, 0.3) is 5.91 Å². The molecule has 8 nitrogen and oxygen atoms in total. The number of hydrogen-bond donors (Lipinski definition) is 2. The summed E-state index contributed by atoms with van der Waals surface area (Å²) in [6.45, 7) is 6.40. The maximum absolute atomic E-state index is 13.2. The molecule has 0 saturated carbocycles. The average Bonchev–Trinajstić information content (AvgIpc) is 3.48. The highest BCUT2D eigenvalue weighted by atomic mass is 35.5. The standard InChI is InChI=1S/C29H27Cl2N7O/c1-3-9-33-26-17-32-16-23(19-7-5-4-6-8-19)27(26)21-14-24(30)22(12-18(21)2)29(39)37-20-13-25(31)28(34-15-20)38-35-10-11-36-38/h3,7,10-17,33H,1,4-6,8-9H2,2H3,(H,37,39). The second-order valence-electron chi connectivity index (χ2n) is 9.20. The van der Waals surface area contributed by atoms with E-state index < -0.39 is 0 Å². The summed E-state index contributed by atoms with van der Waals surface area (Å²) in [4.78, 5) is 23.3. The zero-order valence-corrected chi connectivity index (χ0v) is 22.9. The fourth-order valence-corrected chi connectivity index (χ4v) is 5.18. The van der Waals surface area contributed by atoms with Crippen LogP contribution in [0.15, 0.2) is 67.9 Å². The van der Waals surface area contributed by atoms with Crippen molar-refractivity contribution in [2.24, 2.45) is 0 Å². The molecule has 39 heavy (non-hydrogen) atoms. The number of nitrogens with one attached hydrogen (secondary N) is 2. The van der Waals surface area contributed by atoms with Gasteiger partial charge in [0, 0.05) is 23.9 Å². The fraction of sp³-hybridized carbons (Fsp3) is 0.207. The quantitative estimate of drug-likeness (QED) is 0.222. The Balaban J connectivity index is 1.48. The molecule has 1 aliphatic rings. The first-order valence-corrected chi connectivity index (χ1v) is 13.4.